The maximum Gasteiger partial charge on any atom is 0.0507 e. The number of alkyl halides is 1. The van der Waals surface area contributed by atoms with E-state index in [-0.39, 0.29) is 4.32 Å². The molecule has 1 radical (unpaired) electrons. The van der Waals surface area contributed by atoms with E-state index in [0.29, 0.717) is 0 Å². The molecule has 1 aliphatic rings. The van der Waals surface area contributed by atoms with E-state index in [0.717, 1.165) is 0 Å². The average molecular weight is 186 g/mol. The molecule has 0 saturated carbocycles. The van der Waals surface area contributed by atoms with Crippen LogP contribution in [0.2, 0.25) is 0 Å². The third-order valence-electron chi connectivity index (χ3n) is 1.64. The Kier molecular flexibility index (Phi) is 1.80. The zero-order valence-electron chi connectivity index (χ0n) is 5.69. The molecular weight excluding hydrogens is 176 g/mol. The molecule has 1 rings (SSSR count). The lowest BCUT2D eigenvalue weighted by Crippen LogP contribution is -2.18. The van der Waals surface area contributed by atoms with Crippen LogP contribution >= 0.6 is 15.9 Å². The Hall–Kier alpha value is -0.0400. The van der Waals surface area contributed by atoms with Crippen molar-refractivity contribution in [2.75, 3.05) is 0 Å². The van der Waals surface area contributed by atoms with Gasteiger partial charge in [0, 0.05) is 6.42 Å². The van der Waals surface area contributed by atoms with Gasteiger partial charge in [0.05, 0.1) is 4.32 Å². The van der Waals surface area contributed by atoms with Crippen molar-refractivity contribution in [3.8, 4) is 0 Å². The fraction of sp³-hybridized carbons (Fsp3) is 0.375. The third-order valence-corrected chi connectivity index (χ3v) is 2.53. The maximum absolute atomic E-state index is 3.58. The topological polar surface area (TPSA) is 0 Å². The molecule has 0 bridgehead atoms. The van der Waals surface area contributed by atoms with Crippen molar-refractivity contribution in [1.29, 1.82) is 0 Å². The summed E-state index contributed by atoms with van der Waals surface area (Å²) in [6, 6.07) is 0. The van der Waals surface area contributed by atoms with Crippen LogP contribution in [-0.2, 0) is 0 Å². The van der Waals surface area contributed by atoms with E-state index in [4.69, 9.17) is 0 Å². The Labute approximate surface area is 64.8 Å². The van der Waals surface area contributed by atoms with Crippen LogP contribution in [0.5, 0.6) is 0 Å². The second-order valence-electron chi connectivity index (χ2n) is 2.48. The lowest BCUT2D eigenvalue weighted by molar-refractivity contribution is 0.890. The van der Waals surface area contributed by atoms with E-state index >= 15 is 0 Å². The van der Waals surface area contributed by atoms with Crippen molar-refractivity contribution >= 4 is 15.9 Å². The molecule has 0 nitrogen and oxygen atoms in total. The highest BCUT2D eigenvalue weighted by Gasteiger charge is 2.21. The fourth-order valence-corrected chi connectivity index (χ4v) is 1.02. The molecule has 1 aliphatic carbocycles. The van der Waals surface area contributed by atoms with E-state index < -0.39 is 0 Å². The molecule has 0 aliphatic heterocycles. The number of hydrogen-bond acceptors (Lipinski definition) is 0. The molecule has 0 spiro atoms. The third kappa shape index (κ3) is 1.45. The van der Waals surface area contributed by atoms with E-state index in [9.17, 15) is 0 Å². The highest BCUT2D eigenvalue weighted by molar-refractivity contribution is 9.10. The summed E-state index contributed by atoms with van der Waals surface area (Å²) in [6.07, 6.45) is 8.37. The van der Waals surface area contributed by atoms with Gasteiger partial charge < -0.3 is 0 Å². The van der Waals surface area contributed by atoms with Gasteiger partial charge in [-0.15, -0.1) is 0 Å². The van der Waals surface area contributed by atoms with Crippen LogP contribution in [0.3, 0.4) is 0 Å². The standard InChI is InChI=1S/C8H10Br/c1-7-5-3-4-6-8(7,2)9/h3-6H,1-2H3. The summed E-state index contributed by atoms with van der Waals surface area (Å²) in [4.78, 5) is 0. The molecule has 0 fully saturated rings. The minimum Gasteiger partial charge on any atom is -0.0801 e. The van der Waals surface area contributed by atoms with Crippen LogP contribution in [0, 0.1) is 6.42 Å². The zero-order chi connectivity index (χ0) is 6.91. The van der Waals surface area contributed by atoms with Gasteiger partial charge in [0.2, 0.25) is 0 Å². The summed E-state index contributed by atoms with van der Waals surface area (Å²) in [5.74, 6) is 0. The van der Waals surface area contributed by atoms with Crippen LogP contribution in [-0.4, -0.2) is 4.32 Å². The van der Waals surface area contributed by atoms with E-state index in [2.05, 4.69) is 54.4 Å². The second-order valence-corrected chi connectivity index (χ2v) is 4.12. The van der Waals surface area contributed by atoms with Gasteiger partial charge in [-0.3, -0.25) is 0 Å². The predicted molar refractivity (Wildman–Crippen MR) is 44.5 cm³/mol. The van der Waals surface area contributed by atoms with Crippen molar-refractivity contribution in [2.45, 2.75) is 18.2 Å². The van der Waals surface area contributed by atoms with Crippen molar-refractivity contribution in [2.24, 2.45) is 0 Å². The fourth-order valence-electron chi connectivity index (χ4n) is 0.731. The van der Waals surface area contributed by atoms with Crippen molar-refractivity contribution in [3.05, 3.63) is 30.2 Å². The Morgan fingerprint density at radius 2 is 2.11 bits per heavy atom. The highest BCUT2D eigenvalue weighted by atomic mass is 79.9. The molecule has 0 aromatic heterocycles. The summed E-state index contributed by atoms with van der Waals surface area (Å²) in [6.45, 7) is 4.26. The quantitative estimate of drug-likeness (QED) is 0.510. The molecule has 9 heavy (non-hydrogen) atoms. The Morgan fingerprint density at radius 1 is 1.44 bits per heavy atom. The molecule has 0 saturated heterocycles. The number of hydrogen-bond donors (Lipinski definition) is 0. The molecular formula is C8H10Br. The minimum absolute atomic E-state index is 0.0990. The smallest absolute Gasteiger partial charge is 0.0507 e. The zero-order valence-corrected chi connectivity index (χ0v) is 7.27. The summed E-state index contributed by atoms with van der Waals surface area (Å²) >= 11 is 3.58. The van der Waals surface area contributed by atoms with Gasteiger partial charge >= 0.3 is 0 Å². The molecule has 0 heterocycles. The first-order valence-corrected chi connectivity index (χ1v) is 3.81. The molecule has 1 atom stereocenters. The second kappa shape index (κ2) is 2.30. The van der Waals surface area contributed by atoms with Gasteiger partial charge in [0.1, 0.15) is 0 Å². The normalized spacial score (nSPS) is 34.3. The Bertz CT molecular complexity index is 163. The van der Waals surface area contributed by atoms with Crippen LogP contribution in [0.25, 0.3) is 0 Å². The van der Waals surface area contributed by atoms with Gasteiger partial charge in [-0.05, 0) is 13.8 Å². The molecule has 0 aromatic carbocycles. The summed E-state index contributed by atoms with van der Waals surface area (Å²) in [5, 5.41) is 0. The van der Waals surface area contributed by atoms with Gasteiger partial charge in [0.25, 0.3) is 0 Å². The molecule has 0 amide bonds. The van der Waals surface area contributed by atoms with E-state index in [1.54, 1.807) is 0 Å². The molecule has 1 unspecified atom stereocenters. The van der Waals surface area contributed by atoms with Crippen LogP contribution in [0.1, 0.15) is 13.8 Å². The first-order valence-electron chi connectivity index (χ1n) is 3.02. The largest absolute Gasteiger partial charge is 0.0801 e. The van der Waals surface area contributed by atoms with E-state index in [1.807, 2.05) is 0 Å². The average Bonchev–Trinajstić information content (AvgIpc) is 1.77. The van der Waals surface area contributed by atoms with Crippen LogP contribution in [0.15, 0.2) is 23.8 Å². The predicted octanol–water partition coefficient (Wildman–Crippen LogP) is 2.86. The Balaban J connectivity index is 2.83. The minimum atomic E-state index is 0.0990. The SMILES string of the molecule is CC1=CC=C[CH]C1(C)Br. The Morgan fingerprint density at radius 3 is 2.44 bits per heavy atom. The van der Waals surface area contributed by atoms with Crippen molar-refractivity contribution in [3.63, 3.8) is 0 Å². The molecule has 0 N–H and O–H groups in total. The number of allylic oxidation sites excluding steroid dienone is 4. The van der Waals surface area contributed by atoms with Crippen molar-refractivity contribution in [1.82, 2.24) is 0 Å². The monoisotopic (exact) mass is 185 g/mol. The maximum atomic E-state index is 3.58. The van der Waals surface area contributed by atoms with Gasteiger partial charge in [-0.2, -0.15) is 0 Å². The molecule has 1 heteroatoms. The lowest BCUT2D eigenvalue weighted by atomic mass is 9.95. The van der Waals surface area contributed by atoms with Gasteiger partial charge in [-0.25, -0.2) is 0 Å². The highest BCUT2D eigenvalue weighted by Crippen LogP contribution is 2.32. The van der Waals surface area contributed by atoms with E-state index in [1.165, 1.54) is 5.57 Å². The molecule has 49 valence electrons. The molecule has 0 aromatic rings. The lowest BCUT2D eigenvalue weighted by Gasteiger charge is -2.23. The van der Waals surface area contributed by atoms with Gasteiger partial charge in [0.15, 0.2) is 0 Å². The van der Waals surface area contributed by atoms with Crippen molar-refractivity contribution < 1.29 is 0 Å². The summed E-state index contributed by atoms with van der Waals surface area (Å²) in [5.41, 5.74) is 1.35. The number of rotatable bonds is 0. The number of halogens is 1. The summed E-state index contributed by atoms with van der Waals surface area (Å²) < 4.78 is 0.0990. The van der Waals surface area contributed by atoms with Crippen LogP contribution < -0.4 is 0 Å². The first-order chi connectivity index (χ1) is 4.13. The first kappa shape index (κ1) is 7.07. The van der Waals surface area contributed by atoms with Crippen LogP contribution in [0.4, 0.5) is 0 Å². The summed E-state index contributed by atoms with van der Waals surface area (Å²) in [7, 11) is 0. The van der Waals surface area contributed by atoms with Gasteiger partial charge in [-0.1, -0.05) is 39.7 Å².